The summed E-state index contributed by atoms with van der Waals surface area (Å²) >= 11 is 0. The van der Waals surface area contributed by atoms with E-state index in [0.29, 0.717) is 6.04 Å². The number of anilines is 1. The van der Waals surface area contributed by atoms with Gasteiger partial charge in [0.15, 0.2) is 0 Å². The van der Waals surface area contributed by atoms with E-state index < -0.39 is 0 Å². The Morgan fingerprint density at radius 1 is 1.36 bits per heavy atom. The lowest BCUT2D eigenvalue weighted by molar-refractivity contribution is 0.236. The van der Waals surface area contributed by atoms with E-state index in [2.05, 4.69) is 43.2 Å². The maximum atomic E-state index is 4.32. The zero-order chi connectivity index (χ0) is 14.2. The topological polar surface area (TPSA) is 46.0 Å². The SMILES string of the molecule is Cl.Cn1cnnc1C1CCCN1Cc1cccc2c1NCC2. The smallest absolute Gasteiger partial charge is 0.149 e. The van der Waals surface area contributed by atoms with Crippen molar-refractivity contribution in [3.63, 3.8) is 0 Å². The zero-order valence-corrected chi connectivity index (χ0v) is 13.6. The van der Waals surface area contributed by atoms with E-state index in [4.69, 9.17) is 0 Å². The highest BCUT2D eigenvalue weighted by Crippen LogP contribution is 2.34. The number of hydrogen-bond acceptors (Lipinski definition) is 4. The van der Waals surface area contributed by atoms with Gasteiger partial charge in [-0.1, -0.05) is 18.2 Å². The van der Waals surface area contributed by atoms with E-state index in [0.717, 1.165) is 31.9 Å². The molecule has 1 saturated heterocycles. The molecular weight excluding hydrogens is 298 g/mol. The third-order valence-electron chi connectivity index (χ3n) is 4.71. The van der Waals surface area contributed by atoms with Gasteiger partial charge in [0.2, 0.25) is 0 Å². The molecule has 2 aliphatic rings. The quantitative estimate of drug-likeness (QED) is 0.944. The molecule has 1 N–H and O–H groups in total. The molecule has 0 aliphatic carbocycles. The van der Waals surface area contributed by atoms with E-state index in [9.17, 15) is 0 Å². The normalized spacial score (nSPS) is 20.5. The van der Waals surface area contributed by atoms with Crippen LogP contribution in [0.25, 0.3) is 0 Å². The van der Waals surface area contributed by atoms with Gasteiger partial charge in [-0.25, -0.2) is 0 Å². The first-order chi connectivity index (χ1) is 10.3. The Hall–Kier alpha value is -1.59. The van der Waals surface area contributed by atoms with Crippen LogP contribution in [-0.2, 0) is 20.0 Å². The minimum absolute atomic E-state index is 0. The maximum Gasteiger partial charge on any atom is 0.149 e. The number of aromatic nitrogens is 3. The second-order valence-electron chi connectivity index (χ2n) is 6.06. The van der Waals surface area contributed by atoms with Crippen LogP contribution in [0.3, 0.4) is 0 Å². The van der Waals surface area contributed by atoms with Crippen LogP contribution in [0.1, 0.15) is 35.8 Å². The van der Waals surface area contributed by atoms with Crippen molar-refractivity contribution in [1.82, 2.24) is 19.7 Å². The molecule has 2 aromatic rings. The molecule has 1 aromatic heterocycles. The molecular formula is C16H22ClN5. The summed E-state index contributed by atoms with van der Waals surface area (Å²) in [5, 5.41) is 11.9. The molecule has 0 amide bonds. The number of benzene rings is 1. The lowest BCUT2D eigenvalue weighted by Gasteiger charge is -2.24. The van der Waals surface area contributed by atoms with Crippen molar-refractivity contribution < 1.29 is 0 Å². The van der Waals surface area contributed by atoms with Crippen molar-refractivity contribution in [3.05, 3.63) is 41.5 Å². The second-order valence-corrected chi connectivity index (χ2v) is 6.06. The molecule has 6 heteroatoms. The van der Waals surface area contributed by atoms with Crippen LogP contribution in [-0.4, -0.2) is 32.8 Å². The molecule has 1 atom stereocenters. The second kappa shape index (κ2) is 6.26. The summed E-state index contributed by atoms with van der Waals surface area (Å²) in [6.45, 7) is 3.20. The fourth-order valence-corrected chi connectivity index (χ4v) is 3.66. The average molecular weight is 320 g/mol. The number of hydrogen-bond donors (Lipinski definition) is 1. The molecule has 22 heavy (non-hydrogen) atoms. The molecule has 1 unspecified atom stereocenters. The van der Waals surface area contributed by atoms with Gasteiger partial charge in [0.25, 0.3) is 0 Å². The van der Waals surface area contributed by atoms with Gasteiger partial charge >= 0.3 is 0 Å². The van der Waals surface area contributed by atoms with Gasteiger partial charge < -0.3 is 9.88 Å². The molecule has 4 rings (SSSR count). The monoisotopic (exact) mass is 319 g/mol. The van der Waals surface area contributed by atoms with Gasteiger partial charge in [-0.3, -0.25) is 4.90 Å². The van der Waals surface area contributed by atoms with Crippen molar-refractivity contribution in [2.75, 3.05) is 18.4 Å². The molecule has 1 aromatic carbocycles. The fourth-order valence-electron chi connectivity index (χ4n) is 3.66. The molecule has 1 fully saturated rings. The summed E-state index contributed by atoms with van der Waals surface area (Å²) in [6, 6.07) is 7.08. The van der Waals surface area contributed by atoms with Gasteiger partial charge in [-0.05, 0) is 36.9 Å². The minimum Gasteiger partial charge on any atom is -0.384 e. The summed E-state index contributed by atoms with van der Waals surface area (Å²) in [5.74, 6) is 1.09. The predicted octanol–water partition coefficient (Wildman–Crippen LogP) is 2.54. The van der Waals surface area contributed by atoms with Crippen LogP contribution < -0.4 is 5.32 Å². The first-order valence-electron chi connectivity index (χ1n) is 7.75. The highest BCUT2D eigenvalue weighted by molar-refractivity contribution is 5.85. The van der Waals surface area contributed by atoms with Crippen LogP contribution in [0.2, 0.25) is 0 Å². The molecule has 2 aliphatic heterocycles. The Kier molecular flexibility index (Phi) is 4.36. The number of fused-ring (bicyclic) bond motifs is 1. The summed E-state index contributed by atoms with van der Waals surface area (Å²) in [7, 11) is 2.04. The van der Waals surface area contributed by atoms with Gasteiger partial charge in [-0.2, -0.15) is 0 Å². The molecule has 0 saturated carbocycles. The Morgan fingerprint density at radius 2 is 2.27 bits per heavy atom. The molecule has 0 bridgehead atoms. The number of rotatable bonds is 3. The average Bonchev–Trinajstić information content (AvgIpc) is 3.19. The summed E-state index contributed by atoms with van der Waals surface area (Å²) in [4.78, 5) is 2.54. The third-order valence-corrected chi connectivity index (χ3v) is 4.71. The first kappa shape index (κ1) is 15.3. The van der Waals surface area contributed by atoms with E-state index in [-0.39, 0.29) is 12.4 Å². The largest absolute Gasteiger partial charge is 0.384 e. The minimum atomic E-state index is 0. The van der Waals surface area contributed by atoms with Gasteiger partial charge in [0.1, 0.15) is 12.2 Å². The van der Waals surface area contributed by atoms with Crippen molar-refractivity contribution in [1.29, 1.82) is 0 Å². The third kappa shape index (κ3) is 2.59. The van der Waals surface area contributed by atoms with Crippen LogP contribution in [0.4, 0.5) is 5.69 Å². The summed E-state index contributed by atoms with van der Waals surface area (Å²) in [5.41, 5.74) is 4.24. The van der Waals surface area contributed by atoms with E-state index in [1.54, 1.807) is 6.33 Å². The lowest BCUT2D eigenvalue weighted by Crippen LogP contribution is -2.25. The number of nitrogens with one attached hydrogen (secondary N) is 1. The van der Waals surface area contributed by atoms with Crippen LogP contribution in [0.5, 0.6) is 0 Å². The molecule has 5 nitrogen and oxygen atoms in total. The van der Waals surface area contributed by atoms with Gasteiger partial charge in [-0.15, -0.1) is 22.6 Å². The van der Waals surface area contributed by atoms with Crippen molar-refractivity contribution in [2.45, 2.75) is 31.8 Å². The Labute approximate surface area is 137 Å². The number of para-hydroxylation sites is 1. The van der Waals surface area contributed by atoms with E-state index in [1.807, 2.05) is 7.05 Å². The maximum absolute atomic E-state index is 4.32. The molecule has 0 radical (unpaired) electrons. The van der Waals surface area contributed by atoms with Crippen LogP contribution in [0.15, 0.2) is 24.5 Å². The number of aryl methyl sites for hydroxylation is 1. The van der Waals surface area contributed by atoms with Crippen molar-refractivity contribution in [2.24, 2.45) is 7.05 Å². The molecule has 3 heterocycles. The standard InChI is InChI=1S/C16H21N5.ClH/c1-20-11-18-19-16(20)14-6-3-9-21(14)10-13-5-2-4-12-7-8-17-15(12)13;/h2,4-5,11,14,17H,3,6-10H2,1H3;1H. The Balaban J connectivity index is 0.00000144. The molecule has 0 spiro atoms. The molecule has 118 valence electrons. The fraction of sp³-hybridized carbons (Fsp3) is 0.500. The van der Waals surface area contributed by atoms with E-state index >= 15 is 0 Å². The first-order valence-corrected chi connectivity index (χ1v) is 7.75. The number of likely N-dealkylation sites (tertiary alicyclic amines) is 1. The van der Waals surface area contributed by atoms with E-state index in [1.165, 1.54) is 29.7 Å². The summed E-state index contributed by atoms with van der Waals surface area (Å²) in [6.07, 6.45) is 5.36. The number of nitrogens with zero attached hydrogens (tertiary/aromatic N) is 4. The van der Waals surface area contributed by atoms with Crippen molar-refractivity contribution >= 4 is 18.1 Å². The summed E-state index contributed by atoms with van der Waals surface area (Å²) < 4.78 is 2.05. The number of halogens is 1. The van der Waals surface area contributed by atoms with Crippen LogP contribution in [0, 0.1) is 0 Å². The highest BCUT2D eigenvalue weighted by Gasteiger charge is 2.30. The van der Waals surface area contributed by atoms with Crippen molar-refractivity contribution in [3.8, 4) is 0 Å². The zero-order valence-electron chi connectivity index (χ0n) is 12.8. The Bertz CT molecular complexity index is 654. The van der Waals surface area contributed by atoms with Crippen LogP contribution >= 0.6 is 12.4 Å². The lowest BCUT2D eigenvalue weighted by atomic mass is 10.1. The highest BCUT2D eigenvalue weighted by atomic mass is 35.5. The van der Waals surface area contributed by atoms with Gasteiger partial charge in [0, 0.05) is 25.8 Å². The van der Waals surface area contributed by atoms with Gasteiger partial charge in [0.05, 0.1) is 6.04 Å². The predicted molar refractivity (Wildman–Crippen MR) is 89.3 cm³/mol. The Morgan fingerprint density at radius 3 is 3.09 bits per heavy atom.